The standard InChI is InChI=1S/C17H23N3S/c1-3-14-5-7-15(8-6-14)13(2)19-11-16-12-21-17-18-9-4-10-20(16)17/h5-8,12-13,19H,3-4,9-11H2,1-2H3/t13-/m0/s1. The maximum absolute atomic E-state index is 4.57. The number of fused-ring (bicyclic) bond motifs is 1. The Kier molecular flexibility index (Phi) is 4.66. The summed E-state index contributed by atoms with van der Waals surface area (Å²) in [4.78, 5) is 6.93. The van der Waals surface area contributed by atoms with Crippen LogP contribution in [0, 0.1) is 0 Å². The van der Waals surface area contributed by atoms with E-state index in [2.05, 4.69) is 58.7 Å². The van der Waals surface area contributed by atoms with Gasteiger partial charge in [-0.3, -0.25) is 4.99 Å². The highest BCUT2D eigenvalue weighted by molar-refractivity contribution is 8.16. The average molecular weight is 301 g/mol. The predicted molar refractivity (Wildman–Crippen MR) is 91.5 cm³/mol. The van der Waals surface area contributed by atoms with Crippen LogP contribution in [0.5, 0.6) is 0 Å². The number of hydrogen-bond donors (Lipinski definition) is 1. The number of benzene rings is 1. The lowest BCUT2D eigenvalue weighted by molar-refractivity contribution is 0.457. The summed E-state index contributed by atoms with van der Waals surface area (Å²) in [6.07, 6.45) is 2.26. The van der Waals surface area contributed by atoms with Crippen molar-refractivity contribution >= 4 is 16.9 Å². The number of thioether (sulfide) groups is 1. The monoisotopic (exact) mass is 301 g/mol. The molecule has 21 heavy (non-hydrogen) atoms. The third kappa shape index (κ3) is 3.33. The zero-order valence-corrected chi connectivity index (χ0v) is 13.6. The first-order chi connectivity index (χ1) is 10.3. The van der Waals surface area contributed by atoms with E-state index in [1.54, 1.807) is 11.8 Å². The lowest BCUT2D eigenvalue weighted by Crippen LogP contribution is -2.34. The van der Waals surface area contributed by atoms with Crippen molar-refractivity contribution in [2.45, 2.75) is 32.7 Å². The summed E-state index contributed by atoms with van der Waals surface area (Å²) < 4.78 is 0. The van der Waals surface area contributed by atoms with E-state index in [1.807, 2.05) is 0 Å². The Labute approximate surface area is 131 Å². The van der Waals surface area contributed by atoms with Gasteiger partial charge >= 0.3 is 0 Å². The predicted octanol–water partition coefficient (Wildman–Crippen LogP) is 3.55. The quantitative estimate of drug-likeness (QED) is 0.901. The summed E-state index contributed by atoms with van der Waals surface area (Å²) in [6, 6.07) is 9.30. The van der Waals surface area contributed by atoms with Gasteiger partial charge in [0, 0.05) is 31.4 Å². The Bertz CT molecular complexity index is 548. The van der Waals surface area contributed by atoms with Crippen LogP contribution in [0.1, 0.15) is 37.4 Å². The first kappa shape index (κ1) is 14.7. The molecule has 0 fully saturated rings. The molecule has 3 nitrogen and oxygen atoms in total. The Balaban J connectivity index is 1.57. The van der Waals surface area contributed by atoms with E-state index in [-0.39, 0.29) is 0 Å². The van der Waals surface area contributed by atoms with Crippen molar-refractivity contribution in [3.8, 4) is 0 Å². The molecule has 4 heteroatoms. The van der Waals surface area contributed by atoms with Crippen LogP contribution in [-0.2, 0) is 6.42 Å². The molecule has 1 aromatic carbocycles. The molecule has 2 aliphatic heterocycles. The molecular weight excluding hydrogens is 278 g/mol. The van der Waals surface area contributed by atoms with Crippen LogP contribution >= 0.6 is 11.8 Å². The van der Waals surface area contributed by atoms with E-state index >= 15 is 0 Å². The van der Waals surface area contributed by atoms with Crippen molar-refractivity contribution in [2.24, 2.45) is 4.99 Å². The molecular formula is C17H23N3S. The van der Waals surface area contributed by atoms with Gasteiger partial charge in [-0.2, -0.15) is 0 Å². The second kappa shape index (κ2) is 6.67. The largest absolute Gasteiger partial charge is 0.323 e. The molecule has 0 radical (unpaired) electrons. The molecule has 1 atom stereocenters. The summed E-state index contributed by atoms with van der Waals surface area (Å²) in [5.74, 6) is 0. The van der Waals surface area contributed by atoms with Crippen LogP contribution < -0.4 is 5.32 Å². The highest BCUT2D eigenvalue weighted by Crippen LogP contribution is 2.28. The molecule has 0 saturated carbocycles. The number of aryl methyl sites for hydroxylation is 1. The number of amidine groups is 1. The van der Waals surface area contributed by atoms with Gasteiger partial charge in [-0.15, -0.1) is 0 Å². The zero-order chi connectivity index (χ0) is 14.7. The van der Waals surface area contributed by atoms with Crippen molar-refractivity contribution < 1.29 is 0 Å². The molecule has 3 rings (SSSR count). The van der Waals surface area contributed by atoms with Gasteiger partial charge in [0.15, 0.2) is 5.17 Å². The maximum Gasteiger partial charge on any atom is 0.167 e. The van der Waals surface area contributed by atoms with Gasteiger partial charge in [0.25, 0.3) is 0 Å². The van der Waals surface area contributed by atoms with Crippen molar-refractivity contribution in [2.75, 3.05) is 19.6 Å². The van der Waals surface area contributed by atoms with Crippen molar-refractivity contribution in [3.63, 3.8) is 0 Å². The van der Waals surface area contributed by atoms with Gasteiger partial charge in [0.05, 0.1) is 0 Å². The van der Waals surface area contributed by atoms with Gasteiger partial charge in [0.2, 0.25) is 0 Å². The van der Waals surface area contributed by atoms with E-state index in [1.165, 1.54) is 22.0 Å². The van der Waals surface area contributed by atoms with Gasteiger partial charge < -0.3 is 10.2 Å². The summed E-state index contributed by atoms with van der Waals surface area (Å²) in [6.45, 7) is 7.42. The molecule has 2 aliphatic rings. The minimum Gasteiger partial charge on any atom is -0.323 e. The molecule has 0 spiro atoms. The third-order valence-electron chi connectivity index (χ3n) is 4.14. The highest BCUT2D eigenvalue weighted by Gasteiger charge is 2.24. The smallest absolute Gasteiger partial charge is 0.167 e. The third-order valence-corrected chi connectivity index (χ3v) is 5.09. The fourth-order valence-electron chi connectivity index (χ4n) is 2.69. The van der Waals surface area contributed by atoms with Gasteiger partial charge in [-0.25, -0.2) is 0 Å². The van der Waals surface area contributed by atoms with Crippen molar-refractivity contribution in [3.05, 3.63) is 46.5 Å². The number of hydrogen-bond acceptors (Lipinski definition) is 4. The topological polar surface area (TPSA) is 27.6 Å². The number of aliphatic imine (C=N–C) groups is 1. The second-order valence-corrected chi connectivity index (χ2v) is 6.43. The van der Waals surface area contributed by atoms with Crippen LogP contribution in [0.3, 0.4) is 0 Å². The van der Waals surface area contributed by atoms with E-state index < -0.39 is 0 Å². The molecule has 112 valence electrons. The Morgan fingerprint density at radius 1 is 1.33 bits per heavy atom. The minimum absolute atomic E-state index is 0.368. The summed E-state index contributed by atoms with van der Waals surface area (Å²) in [7, 11) is 0. The molecule has 0 aliphatic carbocycles. The van der Waals surface area contributed by atoms with E-state index in [4.69, 9.17) is 0 Å². The number of nitrogens with zero attached hydrogens (tertiary/aromatic N) is 2. The van der Waals surface area contributed by atoms with Crippen LogP contribution in [0.25, 0.3) is 0 Å². The first-order valence-corrected chi connectivity index (χ1v) is 8.66. The van der Waals surface area contributed by atoms with Crippen LogP contribution in [0.15, 0.2) is 40.4 Å². The molecule has 1 N–H and O–H groups in total. The van der Waals surface area contributed by atoms with Gasteiger partial charge in [0.1, 0.15) is 0 Å². The van der Waals surface area contributed by atoms with Crippen LogP contribution in [0.2, 0.25) is 0 Å². The lowest BCUT2D eigenvalue weighted by atomic mass is 10.0. The van der Waals surface area contributed by atoms with Crippen molar-refractivity contribution in [1.29, 1.82) is 0 Å². The van der Waals surface area contributed by atoms with Gasteiger partial charge in [-0.05, 0) is 36.3 Å². The normalized spacial score (nSPS) is 19.0. The molecule has 0 saturated heterocycles. The number of rotatable bonds is 5. The Hall–Kier alpha value is -1.26. The summed E-state index contributed by atoms with van der Waals surface area (Å²) in [5, 5.41) is 7.05. The maximum atomic E-state index is 4.57. The van der Waals surface area contributed by atoms with E-state index in [0.29, 0.717) is 6.04 Å². The van der Waals surface area contributed by atoms with E-state index in [9.17, 15) is 0 Å². The Morgan fingerprint density at radius 2 is 2.14 bits per heavy atom. The molecule has 0 amide bonds. The Morgan fingerprint density at radius 3 is 2.90 bits per heavy atom. The zero-order valence-electron chi connectivity index (χ0n) is 12.8. The first-order valence-electron chi connectivity index (χ1n) is 7.78. The molecule has 1 aromatic rings. The second-order valence-electron chi connectivity index (χ2n) is 5.59. The van der Waals surface area contributed by atoms with Crippen molar-refractivity contribution in [1.82, 2.24) is 10.2 Å². The minimum atomic E-state index is 0.368. The molecule has 0 aromatic heterocycles. The highest BCUT2D eigenvalue weighted by atomic mass is 32.2. The molecule has 0 unspecified atom stereocenters. The molecule has 2 heterocycles. The average Bonchev–Trinajstić information content (AvgIpc) is 2.96. The fourth-order valence-corrected chi connectivity index (χ4v) is 3.64. The van der Waals surface area contributed by atoms with Crippen LogP contribution in [-0.4, -0.2) is 29.7 Å². The lowest BCUT2D eigenvalue weighted by Gasteiger charge is -2.26. The summed E-state index contributed by atoms with van der Waals surface area (Å²) in [5.41, 5.74) is 4.11. The fraction of sp³-hybridized carbons (Fsp3) is 0.471. The van der Waals surface area contributed by atoms with E-state index in [0.717, 1.165) is 32.5 Å². The molecule has 0 bridgehead atoms. The summed E-state index contributed by atoms with van der Waals surface area (Å²) >= 11 is 1.76. The number of nitrogens with one attached hydrogen (secondary N) is 1. The SMILES string of the molecule is CCc1ccc([C@H](C)NCC2=CSC3=NCCCN23)cc1. The van der Waals surface area contributed by atoms with Gasteiger partial charge in [-0.1, -0.05) is 43.0 Å². The van der Waals surface area contributed by atoms with Crippen LogP contribution in [0.4, 0.5) is 0 Å².